The van der Waals surface area contributed by atoms with E-state index in [2.05, 4.69) is 22.5 Å². The van der Waals surface area contributed by atoms with E-state index in [9.17, 15) is 0 Å². The second kappa shape index (κ2) is 8.33. The molecule has 1 aromatic carbocycles. The highest BCUT2D eigenvalue weighted by Gasteiger charge is 2.08. The fourth-order valence-electron chi connectivity index (χ4n) is 1.91. The molecule has 0 saturated carbocycles. The van der Waals surface area contributed by atoms with Crippen molar-refractivity contribution in [3.8, 4) is 5.75 Å². The number of hydrogen-bond acceptors (Lipinski definition) is 2. The summed E-state index contributed by atoms with van der Waals surface area (Å²) < 4.78 is 6.17. The first-order valence-corrected chi connectivity index (χ1v) is 7.18. The highest BCUT2D eigenvalue weighted by Crippen LogP contribution is 2.28. The normalized spacial score (nSPS) is 12.2. The second-order valence-electron chi connectivity index (χ2n) is 4.43. The average Bonchev–Trinajstić information content (AvgIpc) is 2.38. The Kier molecular flexibility index (Phi) is 7.06. The van der Waals surface area contributed by atoms with Gasteiger partial charge in [0.1, 0.15) is 5.75 Å². The zero-order valence-electron chi connectivity index (χ0n) is 11.0. The van der Waals surface area contributed by atoms with Crippen LogP contribution in [0.5, 0.6) is 5.75 Å². The molecule has 0 saturated heterocycles. The third-order valence-electron chi connectivity index (χ3n) is 3.03. The molecule has 0 aliphatic heterocycles. The summed E-state index contributed by atoms with van der Waals surface area (Å²) in [5.74, 6) is 0.844. The molecule has 0 heterocycles. The van der Waals surface area contributed by atoms with Crippen molar-refractivity contribution in [1.82, 2.24) is 0 Å². The minimum Gasteiger partial charge on any atom is -0.496 e. The topological polar surface area (TPSA) is 35.2 Å². The van der Waals surface area contributed by atoms with Gasteiger partial charge in [0.2, 0.25) is 0 Å². The van der Waals surface area contributed by atoms with Crippen molar-refractivity contribution in [2.24, 2.45) is 5.73 Å². The summed E-state index contributed by atoms with van der Waals surface area (Å²) in [7, 11) is 1.67. The molecule has 18 heavy (non-hydrogen) atoms. The third kappa shape index (κ3) is 4.83. The van der Waals surface area contributed by atoms with Gasteiger partial charge in [-0.3, -0.25) is 0 Å². The third-order valence-corrected chi connectivity index (χ3v) is 3.65. The first kappa shape index (κ1) is 15.3. The number of nitrogens with two attached hydrogens (primary N) is 1. The largest absolute Gasteiger partial charge is 0.496 e. The molecule has 1 aromatic rings. The van der Waals surface area contributed by atoms with E-state index >= 15 is 0 Å². The van der Waals surface area contributed by atoms with Crippen LogP contribution in [-0.2, 0) is 0 Å². The maximum Gasteiger partial charge on any atom is 0.133 e. The molecule has 1 unspecified atom stereocenters. The van der Waals surface area contributed by atoms with E-state index in [4.69, 9.17) is 10.5 Å². The van der Waals surface area contributed by atoms with Crippen LogP contribution in [0.1, 0.15) is 43.7 Å². The van der Waals surface area contributed by atoms with Gasteiger partial charge in [0.05, 0.1) is 11.6 Å². The number of allylic oxidation sites excluding steroid dienone is 1. The zero-order valence-corrected chi connectivity index (χ0v) is 12.6. The lowest BCUT2D eigenvalue weighted by molar-refractivity contribution is 0.411. The Bertz CT molecular complexity index is 379. The summed E-state index contributed by atoms with van der Waals surface area (Å²) in [6, 6.07) is 6.15. The summed E-state index contributed by atoms with van der Waals surface area (Å²) in [5, 5.41) is 0. The lowest BCUT2D eigenvalue weighted by Crippen LogP contribution is -2.10. The van der Waals surface area contributed by atoms with E-state index in [1.165, 1.54) is 19.3 Å². The lowest BCUT2D eigenvalue weighted by Gasteiger charge is -2.13. The van der Waals surface area contributed by atoms with E-state index in [0.29, 0.717) is 0 Å². The summed E-state index contributed by atoms with van der Waals surface area (Å²) >= 11 is 3.49. The monoisotopic (exact) mass is 311 g/mol. The van der Waals surface area contributed by atoms with Crippen molar-refractivity contribution in [3.05, 3.63) is 40.9 Å². The number of ether oxygens (including phenoxy) is 1. The smallest absolute Gasteiger partial charge is 0.133 e. The molecule has 0 aliphatic carbocycles. The van der Waals surface area contributed by atoms with E-state index in [0.717, 1.165) is 28.6 Å². The van der Waals surface area contributed by atoms with Crippen molar-refractivity contribution in [2.45, 2.75) is 38.1 Å². The quantitative estimate of drug-likeness (QED) is 0.562. The summed E-state index contributed by atoms with van der Waals surface area (Å²) in [6.45, 7) is 3.73. The number of unbranched alkanes of at least 4 members (excludes halogenated alkanes) is 3. The van der Waals surface area contributed by atoms with E-state index in [-0.39, 0.29) is 6.04 Å². The Hall–Kier alpha value is -0.800. The number of hydrogen-bond donors (Lipinski definition) is 1. The standard InChI is InChI=1S/C15H22BrNO/c1-3-4-5-6-7-8-14(17)12-9-10-15(18-2)13(16)11-12/h3,9-11,14H,1,4-8,17H2,2H3. The molecule has 0 aliphatic rings. The van der Waals surface area contributed by atoms with Crippen LogP contribution in [0, 0.1) is 0 Å². The molecular formula is C15H22BrNO. The molecule has 0 radical (unpaired) electrons. The molecule has 1 rings (SSSR count). The predicted molar refractivity (Wildman–Crippen MR) is 80.9 cm³/mol. The minimum atomic E-state index is 0.107. The Morgan fingerprint density at radius 3 is 2.78 bits per heavy atom. The molecule has 0 fully saturated rings. The highest BCUT2D eigenvalue weighted by atomic mass is 79.9. The van der Waals surface area contributed by atoms with Crippen LogP contribution in [0.4, 0.5) is 0 Å². The molecule has 1 atom stereocenters. The van der Waals surface area contributed by atoms with Crippen LogP contribution in [0.15, 0.2) is 35.3 Å². The van der Waals surface area contributed by atoms with Crippen LogP contribution in [0.25, 0.3) is 0 Å². The van der Waals surface area contributed by atoms with Crippen molar-refractivity contribution in [2.75, 3.05) is 7.11 Å². The maximum atomic E-state index is 6.19. The van der Waals surface area contributed by atoms with E-state index < -0.39 is 0 Å². The van der Waals surface area contributed by atoms with Crippen molar-refractivity contribution < 1.29 is 4.74 Å². The Balaban J connectivity index is 2.43. The number of rotatable bonds is 8. The lowest BCUT2D eigenvalue weighted by atomic mass is 10.0. The zero-order chi connectivity index (χ0) is 13.4. The molecule has 2 N–H and O–H groups in total. The van der Waals surface area contributed by atoms with Crippen LogP contribution in [0.2, 0.25) is 0 Å². The van der Waals surface area contributed by atoms with Gasteiger partial charge in [0, 0.05) is 6.04 Å². The average molecular weight is 312 g/mol. The first-order chi connectivity index (χ1) is 8.69. The SMILES string of the molecule is C=CCCCCCC(N)c1ccc(OC)c(Br)c1. The predicted octanol–water partition coefficient (Wildman–Crippen LogP) is 4.59. The van der Waals surface area contributed by atoms with Crippen molar-refractivity contribution in [1.29, 1.82) is 0 Å². The van der Waals surface area contributed by atoms with Gasteiger partial charge in [0.25, 0.3) is 0 Å². The fraction of sp³-hybridized carbons (Fsp3) is 0.467. The number of halogens is 1. The highest BCUT2D eigenvalue weighted by molar-refractivity contribution is 9.10. The fourth-order valence-corrected chi connectivity index (χ4v) is 2.47. The molecule has 100 valence electrons. The minimum absolute atomic E-state index is 0.107. The summed E-state index contributed by atoms with van der Waals surface area (Å²) in [4.78, 5) is 0. The van der Waals surface area contributed by atoms with Gasteiger partial charge < -0.3 is 10.5 Å². The first-order valence-electron chi connectivity index (χ1n) is 6.39. The van der Waals surface area contributed by atoms with Crippen LogP contribution in [0.3, 0.4) is 0 Å². The van der Waals surface area contributed by atoms with Gasteiger partial charge in [-0.25, -0.2) is 0 Å². The molecular weight excluding hydrogens is 290 g/mol. The number of benzene rings is 1. The Morgan fingerprint density at radius 1 is 1.39 bits per heavy atom. The van der Waals surface area contributed by atoms with E-state index in [1.54, 1.807) is 7.11 Å². The molecule has 2 nitrogen and oxygen atoms in total. The molecule has 0 bridgehead atoms. The van der Waals surface area contributed by atoms with Gasteiger partial charge in [0.15, 0.2) is 0 Å². The van der Waals surface area contributed by atoms with Gasteiger partial charge >= 0.3 is 0 Å². The van der Waals surface area contributed by atoms with E-state index in [1.807, 2.05) is 24.3 Å². The molecule has 0 spiro atoms. The van der Waals surface area contributed by atoms with Gasteiger partial charge in [-0.15, -0.1) is 6.58 Å². The number of methoxy groups -OCH3 is 1. The molecule has 0 amide bonds. The Labute approximate surface area is 118 Å². The van der Waals surface area contributed by atoms with Crippen LogP contribution >= 0.6 is 15.9 Å². The molecule has 3 heteroatoms. The Morgan fingerprint density at radius 2 is 2.17 bits per heavy atom. The van der Waals surface area contributed by atoms with Gasteiger partial charge in [-0.05, 0) is 52.9 Å². The van der Waals surface area contributed by atoms with Crippen LogP contribution < -0.4 is 10.5 Å². The van der Waals surface area contributed by atoms with Crippen molar-refractivity contribution >= 4 is 15.9 Å². The summed E-state index contributed by atoms with van der Waals surface area (Å²) in [6.07, 6.45) is 7.69. The van der Waals surface area contributed by atoms with Gasteiger partial charge in [-0.2, -0.15) is 0 Å². The second-order valence-corrected chi connectivity index (χ2v) is 5.28. The van der Waals surface area contributed by atoms with Gasteiger partial charge in [-0.1, -0.05) is 25.0 Å². The maximum absolute atomic E-state index is 6.19. The summed E-state index contributed by atoms with van der Waals surface area (Å²) in [5.41, 5.74) is 7.35. The van der Waals surface area contributed by atoms with Crippen LogP contribution in [-0.4, -0.2) is 7.11 Å². The molecule has 0 aromatic heterocycles. The van der Waals surface area contributed by atoms with Crippen molar-refractivity contribution in [3.63, 3.8) is 0 Å².